The average Bonchev–Trinajstić information content (AvgIpc) is 2.30. The molecule has 1 atom stereocenters. The van der Waals surface area contributed by atoms with Crippen LogP contribution in [0.2, 0.25) is 0 Å². The van der Waals surface area contributed by atoms with Crippen LogP contribution < -0.4 is 5.73 Å². The topological polar surface area (TPSA) is 29.3 Å². The lowest BCUT2D eigenvalue weighted by Gasteiger charge is -2.32. The van der Waals surface area contributed by atoms with Gasteiger partial charge in [-0.05, 0) is 50.8 Å². The number of nitrogens with zero attached hydrogens (tertiary/aromatic N) is 1. The van der Waals surface area contributed by atoms with Crippen LogP contribution in [0.3, 0.4) is 0 Å². The summed E-state index contributed by atoms with van der Waals surface area (Å²) in [6.45, 7) is 6.57. The van der Waals surface area contributed by atoms with Crippen molar-refractivity contribution in [3.63, 3.8) is 0 Å². The number of piperidine rings is 1. The summed E-state index contributed by atoms with van der Waals surface area (Å²) < 4.78 is 0. The third-order valence-electron chi connectivity index (χ3n) is 3.67. The molecular formula is C15H24N2. The van der Waals surface area contributed by atoms with E-state index in [0.717, 1.165) is 19.0 Å². The van der Waals surface area contributed by atoms with Crippen LogP contribution in [0, 0.1) is 12.8 Å². The van der Waals surface area contributed by atoms with Crippen molar-refractivity contribution in [2.24, 2.45) is 11.7 Å². The van der Waals surface area contributed by atoms with Crippen LogP contribution in [0.1, 0.15) is 30.4 Å². The van der Waals surface area contributed by atoms with Gasteiger partial charge in [0.2, 0.25) is 0 Å². The van der Waals surface area contributed by atoms with Gasteiger partial charge in [0, 0.05) is 13.1 Å². The van der Waals surface area contributed by atoms with E-state index < -0.39 is 0 Å². The Morgan fingerprint density at radius 2 is 2.29 bits per heavy atom. The van der Waals surface area contributed by atoms with Crippen LogP contribution in [0.4, 0.5) is 0 Å². The average molecular weight is 232 g/mol. The van der Waals surface area contributed by atoms with Gasteiger partial charge in [0.1, 0.15) is 0 Å². The van der Waals surface area contributed by atoms with Gasteiger partial charge in [-0.1, -0.05) is 29.8 Å². The number of hydrogen-bond donors (Lipinski definition) is 1. The molecule has 0 saturated carbocycles. The molecule has 0 spiro atoms. The Morgan fingerprint density at radius 1 is 1.41 bits per heavy atom. The quantitative estimate of drug-likeness (QED) is 0.864. The summed E-state index contributed by atoms with van der Waals surface area (Å²) in [7, 11) is 0. The highest BCUT2D eigenvalue weighted by atomic mass is 15.1. The zero-order valence-electron chi connectivity index (χ0n) is 10.9. The molecule has 17 heavy (non-hydrogen) atoms. The highest BCUT2D eigenvalue weighted by Crippen LogP contribution is 2.20. The molecule has 1 aromatic rings. The number of hydrogen-bond acceptors (Lipinski definition) is 2. The molecule has 1 saturated heterocycles. The molecule has 0 aromatic heterocycles. The summed E-state index contributed by atoms with van der Waals surface area (Å²) in [5.74, 6) is 0.818. The minimum atomic E-state index is 0.818. The van der Waals surface area contributed by atoms with Crippen molar-refractivity contribution < 1.29 is 0 Å². The van der Waals surface area contributed by atoms with Crippen LogP contribution in [0.5, 0.6) is 0 Å². The Balaban J connectivity index is 1.90. The molecule has 2 N–H and O–H groups in total. The van der Waals surface area contributed by atoms with Crippen molar-refractivity contribution in [2.75, 3.05) is 19.6 Å². The predicted molar refractivity (Wildman–Crippen MR) is 72.9 cm³/mol. The van der Waals surface area contributed by atoms with Crippen LogP contribution >= 0.6 is 0 Å². The third-order valence-corrected chi connectivity index (χ3v) is 3.67. The molecule has 1 aromatic carbocycles. The molecule has 1 aliphatic heterocycles. The molecule has 0 amide bonds. The minimum absolute atomic E-state index is 0.818. The second kappa shape index (κ2) is 6.18. The van der Waals surface area contributed by atoms with Gasteiger partial charge in [-0.2, -0.15) is 0 Å². The summed E-state index contributed by atoms with van der Waals surface area (Å²) >= 11 is 0. The van der Waals surface area contributed by atoms with Crippen molar-refractivity contribution >= 4 is 0 Å². The van der Waals surface area contributed by atoms with Gasteiger partial charge in [-0.3, -0.25) is 4.90 Å². The van der Waals surface area contributed by atoms with Crippen LogP contribution in [0.15, 0.2) is 24.3 Å². The highest BCUT2D eigenvalue weighted by molar-refractivity contribution is 5.22. The lowest BCUT2D eigenvalue weighted by atomic mass is 9.94. The van der Waals surface area contributed by atoms with E-state index in [-0.39, 0.29) is 0 Å². The van der Waals surface area contributed by atoms with Gasteiger partial charge in [0.25, 0.3) is 0 Å². The largest absolute Gasteiger partial charge is 0.330 e. The molecule has 2 nitrogen and oxygen atoms in total. The molecule has 1 fully saturated rings. The molecule has 0 radical (unpaired) electrons. The van der Waals surface area contributed by atoms with Gasteiger partial charge in [0.05, 0.1) is 0 Å². The van der Waals surface area contributed by atoms with Crippen molar-refractivity contribution in [3.05, 3.63) is 35.4 Å². The van der Waals surface area contributed by atoms with E-state index in [4.69, 9.17) is 5.73 Å². The second-order valence-electron chi connectivity index (χ2n) is 5.31. The summed E-state index contributed by atoms with van der Waals surface area (Å²) in [5, 5.41) is 0. The Kier molecular flexibility index (Phi) is 4.57. The maximum Gasteiger partial charge on any atom is 0.0233 e. The van der Waals surface area contributed by atoms with E-state index in [2.05, 4.69) is 36.1 Å². The van der Waals surface area contributed by atoms with E-state index in [1.54, 1.807) is 0 Å². The molecule has 1 heterocycles. The molecular weight excluding hydrogens is 208 g/mol. The van der Waals surface area contributed by atoms with E-state index in [1.807, 2.05) is 0 Å². The zero-order chi connectivity index (χ0) is 12.1. The lowest BCUT2D eigenvalue weighted by Crippen LogP contribution is -2.35. The second-order valence-corrected chi connectivity index (χ2v) is 5.31. The zero-order valence-corrected chi connectivity index (χ0v) is 10.9. The van der Waals surface area contributed by atoms with Gasteiger partial charge < -0.3 is 5.73 Å². The third kappa shape index (κ3) is 3.83. The lowest BCUT2D eigenvalue weighted by molar-refractivity contribution is 0.163. The smallest absolute Gasteiger partial charge is 0.0233 e. The fourth-order valence-corrected chi connectivity index (χ4v) is 2.83. The van der Waals surface area contributed by atoms with Gasteiger partial charge in [-0.25, -0.2) is 0 Å². The molecule has 1 unspecified atom stereocenters. The van der Waals surface area contributed by atoms with E-state index in [0.29, 0.717) is 0 Å². The van der Waals surface area contributed by atoms with E-state index in [9.17, 15) is 0 Å². The van der Waals surface area contributed by atoms with Crippen LogP contribution in [-0.4, -0.2) is 24.5 Å². The SMILES string of the molecule is Cc1cccc(CN2CCCC(CCN)C2)c1. The summed E-state index contributed by atoms with van der Waals surface area (Å²) in [6, 6.07) is 8.86. The molecule has 2 heteroatoms. The van der Waals surface area contributed by atoms with Crippen LogP contribution in [-0.2, 0) is 6.54 Å². The fourth-order valence-electron chi connectivity index (χ4n) is 2.83. The van der Waals surface area contributed by atoms with E-state index in [1.165, 1.54) is 43.5 Å². The maximum absolute atomic E-state index is 5.66. The summed E-state index contributed by atoms with van der Waals surface area (Å²) in [5.41, 5.74) is 8.46. The molecule has 0 bridgehead atoms. The molecule has 2 rings (SSSR count). The number of aryl methyl sites for hydroxylation is 1. The van der Waals surface area contributed by atoms with E-state index >= 15 is 0 Å². The van der Waals surface area contributed by atoms with Gasteiger partial charge in [-0.15, -0.1) is 0 Å². The standard InChI is InChI=1S/C15H24N2/c1-13-4-2-5-15(10-13)12-17-9-3-6-14(11-17)7-8-16/h2,4-5,10,14H,3,6-9,11-12,16H2,1H3. The first-order valence-electron chi connectivity index (χ1n) is 6.76. The van der Waals surface area contributed by atoms with Crippen molar-refractivity contribution in [1.29, 1.82) is 0 Å². The van der Waals surface area contributed by atoms with Gasteiger partial charge in [0.15, 0.2) is 0 Å². The van der Waals surface area contributed by atoms with Crippen molar-refractivity contribution in [3.8, 4) is 0 Å². The van der Waals surface area contributed by atoms with Gasteiger partial charge >= 0.3 is 0 Å². The normalized spacial score (nSPS) is 21.6. The first kappa shape index (κ1) is 12.6. The minimum Gasteiger partial charge on any atom is -0.330 e. The van der Waals surface area contributed by atoms with Crippen molar-refractivity contribution in [1.82, 2.24) is 4.90 Å². The van der Waals surface area contributed by atoms with Crippen LogP contribution in [0.25, 0.3) is 0 Å². The predicted octanol–water partition coefficient (Wildman–Crippen LogP) is 2.56. The monoisotopic (exact) mass is 232 g/mol. The molecule has 1 aliphatic rings. The number of rotatable bonds is 4. The number of likely N-dealkylation sites (tertiary alicyclic amines) is 1. The Bertz CT molecular complexity index is 347. The molecule has 94 valence electrons. The number of benzene rings is 1. The first-order chi connectivity index (χ1) is 8.28. The summed E-state index contributed by atoms with van der Waals surface area (Å²) in [6.07, 6.45) is 3.88. The maximum atomic E-state index is 5.66. The summed E-state index contributed by atoms with van der Waals surface area (Å²) in [4.78, 5) is 2.58. The Morgan fingerprint density at radius 3 is 3.06 bits per heavy atom. The fraction of sp³-hybridized carbons (Fsp3) is 0.600. The number of nitrogens with two attached hydrogens (primary N) is 1. The van der Waals surface area contributed by atoms with Crippen molar-refractivity contribution in [2.45, 2.75) is 32.7 Å². The Labute approximate surface area is 105 Å². The first-order valence-corrected chi connectivity index (χ1v) is 6.76. The highest BCUT2D eigenvalue weighted by Gasteiger charge is 2.19. The Hall–Kier alpha value is -0.860. The molecule has 0 aliphatic carbocycles.